The van der Waals surface area contributed by atoms with Gasteiger partial charge in [0.2, 0.25) is 0 Å². The van der Waals surface area contributed by atoms with Crippen molar-refractivity contribution in [3.63, 3.8) is 0 Å². The molecule has 3 nitrogen and oxygen atoms in total. The lowest BCUT2D eigenvalue weighted by molar-refractivity contribution is 1.21. The van der Waals surface area contributed by atoms with Gasteiger partial charge in [0.25, 0.3) is 0 Å². The first kappa shape index (κ1) is 13.2. The van der Waals surface area contributed by atoms with Crippen molar-refractivity contribution in [3.8, 4) is 11.3 Å². The van der Waals surface area contributed by atoms with Crippen molar-refractivity contribution in [1.82, 2.24) is 9.38 Å². The third-order valence-electron chi connectivity index (χ3n) is 4.01. The van der Waals surface area contributed by atoms with E-state index in [9.17, 15) is 0 Å². The molecule has 0 saturated carbocycles. The molecule has 0 unspecified atom stereocenters. The van der Waals surface area contributed by atoms with Gasteiger partial charge in [-0.05, 0) is 36.1 Å². The highest BCUT2D eigenvalue weighted by atomic mass is 35.5. The van der Waals surface area contributed by atoms with Gasteiger partial charge in [-0.15, -0.1) is 0 Å². The zero-order valence-corrected chi connectivity index (χ0v) is 12.8. The molecule has 2 aromatic heterocycles. The van der Waals surface area contributed by atoms with Crippen LogP contribution in [-0.4, -0.2) is 9.38 Å². The lowest BCUT2D eigenvalue weighted by atomic mass is 10.1. The predicted octanol–water partition coefficient (Wildman–Crippen LogP) is 4.70. The summed E-state index contributed by atoms with van der Waals surface area (Å²) in [6, 6.07) is 16.0. The fraction of sp³-hybridized carbons (Fsp3) is 0.0556. The first-order valence-corrected chi connectivity index (χ1v) is 7.45. The van der Waals surface area contributed by atoms with E-state index in [1.165, 1.54) is 0 Å². The number of hydrogen-bond acceptors (Lipinski definition) is 2. The molecule has 0 aliphatic carbocycles. The molecule has 0 spiro atoms. The Morgan fingerprint density at radius 1 is 1.09 bits per heavy atom. The predicted molar refractivity (Wildman–Crippen MR) is 92.3 cm³/mol. The molecular weight excluding hydrogens is 294 g/mol. The Kier molecular flexibility index (Phi) is 2.84. The van der Waals surface area contributed by atoms with Crippen LogP contribution in [0.1, 0.15) is 5.56 Å². The molecule has 0 bridgehead atoms. The van der Waals surface area contributed by atoms with Gasteiger partial charge in [-0.2, -0.15) is 0 Å². The molecule has 0 aliphatic heterocycles. The van der Waals surface area contributed by atoms with Gasteiger partial charge in [-0.25, -0.2) is 4.98 Å². The number of aromatic nitrogens is 2. The maximum absolute atomic E-state index is 6.34. The highest BCUT2D eigenvalue weighted by molar-refractivity contribution is 6.31. The van der Waals surface area contributed by atoms with Crippen LogP contribution >= 0.6 is 11.6 Å². The third kappa shape index (κ3) is 1.86. The second-order valence-electron chi connectivity index (χ2n) is 5.40. The second kappa shape index (κ2) is 4.75. The number of anilines is 1. The SMILES string of the molecule is Cc1ccccc1-c1nc2c3cc(Cl)ccc3ccn2c1N. The quantitative estimate of drug-likeness (QED) is 0.554. The number of halogens is 1. The summed E-state index contributed by atoms with van der Waals surface area (Å²) in [6.45, 7) is 2.06. The Bertz CT molecular complexity index is 1020. The third-order valence-corrected chi connectivity index (χ3v) is 4.24. The number of imidazole rings is 1. The number of aryl methyl sites for hydroxylation is 1. The molecule has 0 fully saturated rings. The van der Waals surface area contributed by atoms with E-state index in [4.69, 9.17) is 22.3 Å². The van der Waals surface area contributed by atoms with Crippen LogP contribution in [0.15, 0.2) is 54.7 Å². The van der Waals surface area contributed by atoms with Gasteiger partial charge in [-0.3, -0.25) is 4.40 Å². The molecule has 0 saturated heterocycles. The van der Waals surface area contributed by atoms with Crippen LogP contribution in [0.25, 0.3) is 27.7 Å². The Morgan fingerprint density at radius 2 is 1.91 bits per heavy atom. The van der Waals surface area contributed by atoms with Gasteiger partial charge in [0.15, 0.2) is 0 Å². The Labute approximate surface area is 133 Å². The molecule has 108 valence electrons. The number of benzene rings is 2. The summed E-state index contributed by atoms with van der Waals surface area (Å²) in [7, 11) is 0. The Morgan fingerprint density at radius 3 is 2.73 bits per heavy atom. The van der Waals surface area contributed by atoms with Crippen molar-refractivity contribution in [2.45, 2.75) is 6.92 Å². The van der Waals surface area contributed by atoms with Crippen LogP contribution in [-0.2, 0) is 0 Å². The van der Waals surface area contributed by atoms with Gasteiger partial charge in [0.1, 0.15) is 17.2 Å². The van der Waals surface area contributed by atoms with E-state index < -0.39 is 0 Å². The van der Waals surface area contributed by atoms with E-state index >= 15 is 0 Å². The van der Waals surface area contributed by atoms with Gasteiger partial charge in [0, 0.05) is 22.2 Å². The number of nitrogens with zero attached hydrogens (tertiary/aromatic N) is 2. The van der Waals surface area contributed by atoms with Crippen molar-refractivity contribution >= 4 is 33.8 Å². The minimum Gasteiger partial charge on any atom is -0.383 e. The summed E-state index contributed by atoms with van der Waals surface area (Å²) in [6.07, 6.45) is 1.95. The van der Waals surface area contributed by atoms with Gasteiger partial charge in [-0.1, -0.05) is 41.9 Å². The number of fused-ring (bicyclic) bond motifs is 3. The van der Waals surface area contributed by atoms with Gasteiger partial charge < -0.3 is 5.73 Å². The van der Waals surface area contributed by atoms with Crippen LogP contribution in [0, 0.1) is 6.92 Å². The van der Waals surface area contributed by atoms with Crippen LogP contribution in [0.3, 0.4) is 0 Å². The second-order valence-corrected chi connectivity index (χ2v) is 5.84. The molecule has 2 aromatic carbocycles. The van der Waals surface area contributed by atoms with E-state index in [-0.39, 0.29) is 0 Å². The number of rotatable bonds is 1. The standard InChI is InChI=1S/C18H14ClN3/c1-11-4-2-3-5-14(11)16-17(20)22-9-8-12-6-7-13(19)10-15(12)18(22)21-16/h2-10H,20H2,1H3. The molecule has 22 heavy (non-hydrogen) atoms. The number of nitrogens with two attached hydrogens (primary N) is 1. The van der Waals surface area contributed by atoms with Gasteiger partial charge in [0.05, 0.1) is 0 Å². The van der Waals surface area contributed by atoms with Crippen molar-refractivity contribution in [1.29, 1.82) is 0 Å². The molecule has 4 aromatic rings. The van der Waals surface area contributed by atoms with Crippen molar-refractivity contribution in [3.05, 3.63) is 65.3 Å². The maximum Gasteiger partial charge on any atom is 0.147 e. The summed E-state index contributed by atoms with van der Waals surface area (Å²) in [5.74, 6) is 0.645. The fourth-order valence-electron chi connectivity index (χ4n) is 2.85. The molecule has 0 radical (unpaired) electrons. The zero-order valence-electron chi connectivity index (χ0n) is 12.0. The maximum atomic E-state index is 6.34. The smallest absolute Gasteiger partial charge is 0.147 e. The lowest BCUT2D eigenvalue weighted by Crippen LogP contribution is -1.94. The van der Waals surface area contributed by atoms with E-state index in [1.807, 2.05) is 53.1 Å². The monoisotopic (exact) mass is 307 g/mol. The summed E-state index contributed by atoms with van der Waals surface area (Å²) < 4.78 is 1.92. The zero-order chi connectivity index (χ0) is 15.3. The molecular formula is C18H14ClN3. The Balaban J connectivity index is 2.10. The molecule has 4 heteroatoms. The van der Waals surface area contributed by atoms with E-state index in [1.54, 1.807) is 0 Å². The minimum atomic E-state index is 0.645. The van der Waals surface area contributed by atoms with Crippen LogP contribution in [0.4, 0.5) is 5.82 Å². The number of pyridine rings is 1. The highest BCUT2D eigenvalue weighted by Gasteiger charge is 2.14. The number of hydrogen-bond donors (Lipinski definition) is 1. The van der Waals surface area contributed by atoms with Crippen molar-refractivity contribution in [2.75, 3.05) is 5.73 Å². The first-order chi connectivity index (χ1) is 10.6. The molecule has 2 N–H and O–H groups in total. The Hall–Kier alpha value is -2.52. The van der Waals surface area contributed by atoms with Crippen LogP contribution in [0.2, 0.25) is 5.02 Å². The van der Waals surface area contributed by atoms with E-state index in [2.05, 4.69) is 13.0 Å². The molecule has 0 atom stereocenters. The minimum absolute atomic E-state index is 0.645. The number of nitrogen functional groups attached to an aromatic ring is 1. The average molecular weight is 308 g/mol. The van der Waals surface area contributed by atoms with Crippen LogP contribution < -0.4 is 5.73 Å². The lowest BCUT2D eigenvalue weighted by Gasteiger charge is -2.03. The van der Waals surface area contributed by atoms with Gasteiger partial charge >= 0.3 is 0 Å². The van der Waals surface area contributed by atoms with E-state index in [0.29, 0.717) is 10.8 Å². The molecule has 2 heterocycles. The van der Waals surface area contributed by atoms with E-state index in [0.717, 1.165) is 33.2 Å². The van der Waals surface area contributed by atoms with Crippen molar-refractivity contribution < 1.29 is 0 Å². The topological polar surface area (TPSA) is 43.3 Å². The normalized spacial score (nSPS) is 11.4. The average Bonchev–Trinajstić information content (AvgIpc) is 2.85. The summed E-state index contributed by atoms with van der Waals surface area (Å²) in [4.78, 5) is 4.79. The molecule has 0 amide bonds. The molecule has 0 aliphatic rings. The molecule has 4 rings (SSSR count). The van der Waals surface area contributed by atoms with Crippen LogP contribution in [0.5, 0.6) is 0 Å². The first-order valence-electron chi connectivity index (χ1n) is 7.07. The summed E-state index contributed by atoms with van der Waals surface area (Å²) in [5, 5.41) is 2.79. The fourth-order valence-corrected chi connectivity index (χ4v) is 3.02. The highest BCUT2D eigenvalue weighted by Crippen LogP contribution is 2.32. The summed E-state index contributed by atoms with van der Waals surface area (Å²) >= 11 is 6.14. The van der Waals surface area contributed by atoms with Crippen molar-refractivity contribution in [2.24, 2.45) is 0 Å². The summed E-state index contributed by atoms with van der Waals surface area (Å²) in [5.41, 5.74) is 10.2. The largest absolute Gasteiger partial charge is 0.383 e.